The van der Waals surface area contributed by atoms with Gasteiger partial charge in [-0.2, -0.15) is 0 Å². The van der Waals surface area contributed by atoms with Crippen molar-refractivity contribution in [3.05, 3.63) is 34.9 Å². The van der Waals surface area contributed by atoms with Crippen LogP contribution in [0, 0.1) is 5.92 Å². The first-order chi connectivity index (χ1) is 11.5. The van der Waals surface area contributed by atoms with Crippen LogP contribution in [0.25, 0.3) is 0 Å². The van der Waals surface area contributed by atoms with Crippen LogP contribution in [0.1, 0.15) is 18.4 Å². The van der Waals surface area contributed by atoms with E-state index in [1.807, 2.05) is 17.0 Å². The summed E-state index contributed by atoms with van der Waals surface area (Å²) < 4.78 is 0. The summed E-state index contributed by atoms with van der Waals surface area (Å²) in [6.45, 7) is 2.60. The first-order valence-corrected chi connectivity index (χ1v) is 8.56. The summed E-state index contributed by atoms with van der Waals surface area (Å²) in [4.78, 5) is 27.2. The Labute approximate surface area is 148 Å². The average molecular weight is 353 g/mol. The third-order valence-corrected chi connectivity index (χ3v) is 4.44. The van der Waals surface area contributed by atoms with Crippen LogP contribution >= 0.6 is 11.6 Å². The van der Waals surface area contributed by atoms with E-state index in [9.17, 15) is 9.59 Å². The molecule has 0 unspecified atom stereocenters. The number of piperidine rings is 1. The number of carbonyl (C=O) groups excluding carboxylic acids is 2. The zero-order valence-corrected chi connectivity index (χ0v) is 15.0. The predicted octanol–water partition coefficient (Wildman–Crippen LogP) is 2.53. The Bertz CT molecular complexity index is 554. The predicted molar refractivity (Wildman–Crippen MR) is 95.1 cm³/mol. The van der Waals surface area contributed by atoms with Crippen molar-refractivity contribution in [3.8, 4) is 0 Å². The number of carbonyl (C=O) groups is 2. The minimum Gasteiger partial charge on any atom is -0.338 e. The lowest BCUT2D eigenvalue weighted by Gasteiger charge is -2.33. The zero-order chi connectivity index (χ0) is 17.5. The molecule has 7 heteroatoms. The SMILES string of the molecule is CN(C)C(=O)N1CCC(CNC(=O)NCc2ccc(Cl)cc2)CC1. The lowest BCUT2D eigenvalue weighted by atomic mass is 9.97. The summed E-state index contributed by atoms with van der Waals surface area (Å²) in [7, 11) is 3.53. The van der Waals surface area contributed by atoms with Crippen LogP contribution in [0.4, 0.5) is 9.59 Å². The van der Waals surface area contributed by atoms with Gasteiger partial charge in [0.1, 0.15) is 0 Å². The Morgan fingerprint density at radius 2 is 1.79 bits per heavy atom. The lowest BCUT2D eigenvalue weighted by molar-refractivity contribution is 0.147. The van der Waals surface area contributed by atoms with Crippen molar-refractivity contribution in [2.45, 2.75) is 19.4 Å². The highest BCUT2D eigenvalue weighted by molar-refractivity contribution is 6.30. The molecule has 1 aromatic rings. The molecule has 0 bridgehead atoms. The van der Waals surface area contributed by atoms with Crippen molar-refractivity contribution >= 4 is 23.7 Å². The molecular formula is C17H25ClN4O2. The maximum Gasteiger partial charge on any atom is 0.319 e. The number of halogens is 1. The molecule has 2 N–H and O–H groups in total. The van der Waals surface area contributed by atoms with Gasteiger partial charge in [0.05, 0.1) is 0 Å². The van der Waals surface area contributed by atoms with E-state index in [0.717, 1.165) is 31.5 Å². The maximum atomic E-state index is 11.9. The molecule has 0 atom stereocenters. The Morgan fingerprint density at radius 3 is 2.38 bits per heavy atom. The van der Waals surface area contributed by atoms with E-state index in [1.165, 1.54) is 0 Å². The van der Waals surface area contributed by atoms with Gasteiger partial charge in [-0.25, -0.2) is 9.59 Å². The fourth-order valence-electron chi connectivity index (χ4n) is 2.70. The molecule has 1 fully saturated rings. The summed E-state index contributed by atoms with van der Waals surface area (Å²) in [6, 6.07) is 7.28. The topological polar surface area (TPSA) is 64.7 Å². The first kappa shape index (κ1) is 18.4. The molecule has 24 heavy (non-hydrogen) atoms. The van der Waals surface area contributed by atoms with E-state index in [1.54, 1.807) is 31.1 Å². The van der Waals surface area contributed by atoms with Gasteiger partial charge in [-0.3, -0.25) is 0 Å². The van der Waals surface area contributed by atoms with Crippen LogP contribution in [0.2, 0.25) is 5.02 Å². The highest BCUT2D eigenvalue weighted by Gasteiger charge is 2.23. The zero-order valence-electron chi connectivity index (χ0n) is 14.2. The molecule has 2 rings (SSSR count). The van der Waals surface area contributed by atoms with E-state index in [4.69, 9.17) is 11.6 Å². The Morgan fingerprint density at radius 1 is 1.17 bits per heavy atom. The molecule has 1 heterocycles. The average Bonchev–Trinajstić information content (AvgIpc) is 2.59. The molecule has 1 aliphatic heterocycles. The number of rotatable bonds is 4. The van der Waals surface area contributed by atoms with Crippen molar-refractivity contribution in [1.29, 1.82) is 0 Å². The Hall–Kier alpha value is -1.95. The monoisotopic (exact) mass is 352 g/mol. The van der Waals surface area contributed by atoms with Crippen LogP contribution in [-0.4, -0.2) is 55.6 Å². The van der Waals surface area contributed by atoms with E-state index in [-0.39, 0.29) is 12.1 Å². The molecule has 1 saturated heterocycles. The Kier molecular flexibility index (Phi) is 6.73. The van der Waals surface area contributed by atoms with Gasteiger partial charge in [0.2, 0.25) is 0 Å². The van der Waals surface area contributed by atoms with Gasteiger partial charge >= 0.3 is 12.1 Å². The number of hydrogen-bond donors (Lipinski definition) is 2. The minimum absolute atomic E-state index is 0.0575. The summed E-state index contributed by atoms with van der Waals surface area (Å²) in [5.41, 5.74) is 1.00. The second kappa shape index (κ2) is 8.78. The van der Waals surface area contributed by atoms with Crippen LogP contribution in [0.3, 0.4) is 0 Å². The van der Waals surface area contributed by atoms with Crippen molar-refractivity contribution in [3.63, 3.8) is 0 Å². The van der Waals surface area contributed by atoms with Crippen molar-refractivity contribution in [2.75, 3.05) is 33.7 Å². The number of nitrogens with one attached hydrogen (secondary N) is 2. The number of nitrogens with zero attached hydrogens (tertiary/aromatic N) is 2. The van der Waals surface area contributed by atoms with Crippen LogP contribution in [-0.2, 0) is 6.54 Å². The smallest absolute Gasteiger partial charge is 0.319 e. The largest absolute Gasteiger partial charge is 0.338 e. The van der Waals surface area contributed by atoms with Crippen LogP contribution < -0.4 is 10.6 Å². The summed E-state index contributed by atoms with van der Waals surface area (Å²) in [5, 5.41) is 6.43. The fourth-order valence-corrected chi connectivity index (χ4v) is 2.82. The van der Waals surface area contributed by atoms with Gasteiger partial charge < -0.3 is 20.4 Å². The fraction of sp³-hybridized carbons (Fsp3) is 0.529. The number of amides is 4. The molecule has 132 valence electrons. The third-order valence-electron chi connectivity index (χ3n) is 4.19. The van der Waals surface area contributed by atoms with Crippen LogP contribution in [0.5, 0.6) is 0 Å². The van der Waals surface area contributed by atoms with E-state index >= 15 is 0 Å². The standard InChI is InChI=1S/C17H25ClN4O2/c1-21(2)17(24)22-9-7-14(8-10-22)12-20-16(23)19-11-13-3-5-15(18)6-4-13/h3-6,14H,7-12H2,1-2H3,(H2,19,20,23). The summed E-state index contributed by atoms with van der Waals surface area (Å²) >= 11 is 5.83. The molecule has 4 amide bonds. The number of urea groups is 2. The summed E-state index contributed by atoms with van der Waals surface area (Å²) in [6.07, 6.45) is 1.83. The molecule has 1 aromatic carbocycles. The van der Waals surface area contributed by atoms with E-state index in [0.29, 0.717) is 24.0 Å². The van der Waals surface area contributed by atoms with Crippen molar-refractivity contribution < 1.29 is 9.59 Å². The normalized spacial score (nSPS) is 15.0. The highest BCUT2D eigenvalue weighted by atomic mass is 35.5. The molecule has 0 spiro atoms. The quantitative estimate of drug-likeness (QED) is 0.874. The van der Waals surface area contributed by atoms with Gasteiger partial charge in [0, 0.05) is 45.3 Å². The third kappa shape index (κ3) is 5.60. The van der Waals surface area contributed by atoms with Gasteiger partial charge in [-0.15, -0.1) is 0 Å². The Balaban J connectivity index is 1.64. The second-order valence-corrected chi connectivity index (χ2v) is 6.73. The second-order valence-electron chi connectivity index (χ2n) is 6.30. The van der Waals surface area contributed by atoms with Gasteiger partial charge in [-0.05, 0) is 36.5 Å². The van der Waals surface area contributed by atoms with Gasteiger partial charge in [-0.1, -0.05) is 23.7 Å². The van der Waals surface area contributed by atoms with Crippen molar-refractivity contribution in [1.82, 2.24) is 20.4 Å². The molecule has 6 nitrogen and oxygen atoms in total. The molecule has 0 radical (unpaired) electrons. The number of benzene rings is 1. The molecular weight excluding hydrogens is 328 g/mol. The van der Waals surface area contributed by atoms with Gasteiger partial charge in [0.25, 0.3) is 0 Å². The highest BCUT2D eigenvalue weighted by Crippen LogP contribution is 2.17. The van der Waals surface area contributed by atoms with Gasteiger partial charge in [0.15, 0.2) is 0 Å². The van der Waals surface area contributed by atoms with E-state index < -0.39 is 0 Å². The summed E-state index contributed by atoms with van der Waals surface area (Å²) in [5.74, 6) is 0.414. The molecule has 0 aliphatic carbocycles. The molecule has 0 aromatic heterocycles. The lowest BCUT2D eigenvalue weighted by Crippen LogP contribution is -2.46. The minimum atomic E-state index is -0.170. The van der Waals surface area contributed by atoms with E-state index in [2.05, 4.69) is 10.6 Å². The number of hydrogen-bond acceptors (Lipinski definition) is 2. The maximum absolute atomic E-state index is 11.9. The van der Waals surface area contributed by atoms with Crippen molar-refractivity contribution in [2.24, 2.45) is 5.92 Å². The number of likely N-dealkylation sites (tertiary alicyclic amines) is 1. The van der Waals surface area contributed by atoms with Crippen LogP contribution in [0.15, 0.2) is 24.3 Å². The molecule has 1 aliphatic rings. The molecule has 0 saturated carbocycles. The first-order valence-electron chi connectivity index (χ1n) is 8.18.